The van der Waals surface area contributed by atoms with E-state index in [4.69, 9.17) is 5.10 Å². The van der Waals surface area contributed by atoms with Gasteiger partial charge < -0.3 is 4.90 Å². The minimum Gasteiger partial charge on any atom is -0.341 e. The Labute approximate surface area is 170 Å². The van der Waals surface area contributed by atoms with Crippen LogP contribution in [0.4, 0.5) is 0 Å². The normalized spacial score (nSPS) is 18.8. The molecule has 1 fully saturated rings. The minimum absolute atomic E-state index is 0.0627. The van der Waals surface area contributed by atoms with Gasteiger partial charge in [0.2, 0.25) is 0 Å². The first-order chi connectivity index (χ1) is 14.1. The largest absolute Gasteiger partial charge is 0.341 e. The van der Waals surface area contributed by atoms with Crippen LogP contribution in [-0.4, -0.2) is 57.2 Å². The number of amides is 1. The molecule has 148 valence electrons. The fourth-order valence-electron chi connectivity index (χ4n) is 4.72. The van der Waals surface area contributed by atoms with Crippen molar-refractivity contribution in [3.05, 3.63) is 77.9 Å². The van der Waals surface area contributed by atoms with E-state index in [1.807, 2.05) is 65.6 Å². The third kappa shape index (κ3) is 3.23. The highest BCUT2D eigenvalue weighted by Gasteiger charge is 2.46. The third-order valence-electron chi connectivity index (χ3n) is 6.32. The zero-order chi connectivity index (χ0) is 19.8. The number of aromatic nitrogens is 3. The molecule has 1 spiro atoms. The van der Waals surface area contributed by atoms with Gasteiger partial charge in [-0.25, -0.2) is 4.68 Å². The molecular weight excluding hydrogens is 362 g/mol. The van der Waals surface area contributed by atoms with Crippen molar-refractivity contribution in [1.29, 1.82) is 0 Å². The average Bonchev–Trinajstić information content (AvgIpc) is 3.22. The van der Waals surface area contributed by atoms with Crippen molar-refractivity contribution >= 4 is 5.91 Å². The van der Waals surface area contributed by atoms with Crippen LogP contribution in [0.1, 0.15) is 34.5 Å². The number of rotatable bonds is 3. The maximum Gasteiger partial charge on any atom is 0.257 e. The lowest BCUT2D eigenvalue weighted by atomic mass is 9.72. The van der Waals surface area contributed by atoms with Gasteiger partial charge in [-0.15, -0.1) is 0 Å². The predicted octanol–water partition coefficient (Wildman–Crippen LogP) is 2.89. The molecule has 6 nitrogen and oxygen atoms in total. The van der Waals surface area contributed by atoms with Crippen LogP contribution in [-0.2, 0) is 12.0 Å². The number of para-hydroxylation sites is 1. The van der Waals surface area contributed by atoms with Crippen molar-refractivity contribution in [2.45, 2.75) is 24.8 Å². The molecule has 0 unspecified atom stereocenters. The predicted molar refractivity (Wildman–Crippen MR) is 111 cm³/mol. The second kappa shape index (κ2) is 7.12. The third-order valence-corrected chi connectivity index (χ3v) is 6.32. The number of hydrogen-bond donors (Lipinski definition) is 0. The molecular formula is C23H25N5O. The minimum atomic E-state index is -0.0627. The van der Waals surface area contributed by atoms with Gasteiger partial charge in [0, 0.05) is 44.1 Å². The van der Waals surface area contributed by atoms with Crippen molar-refractivity contribution < 1.29 is 4.79 Å². The molecule has 2 aromatic heterocycles. The number of fused-ring (bicyclic) bond motifs is 2. The first kappa shape index (κ1) is 18.1. The molecule has 0 bridgehead atoms. The van der Waals surface area contributed by atoms with Gasteiger partial charge in [0.25, 0.3) is 5.91 Å². The number of likely N-dealkylation sites (N-methyl/N-ethyl adjacent to an activating group) is 1. The summed E-state index contributed by atoms with van der Waals surface area (Å²) in [6.45, 7) is 3.69. The van der Waals surface area contributed by atoms with Crippen molar-refractivity contribution in [2.24, 2.45) is 0 Å². The molecule has 6 heteroatoms. The van der Waals surface area contributed by atoms with Crippen LogP contribution in [0.3, 0.4) is 0 Å². The number of carbonyl (C=O) groups excluding carboxylic acids is 1. The maximum atomic E-state index is 12.8. The molecule has 2 aliphatic heterocycles. The van der Waals surface area contributed by atoms with Crippen LogP contribution >= 0.6 is 0 Å². The first-order valence-electron chi connectivity index (χ1n) is 10.2. The number of benzene rings is 1. The molecule has 29 heavy (non-hydrogen) atoms. The Morgan fingerprint density at radius 3 is 2.48 bits per heavy atom. The van der Waals surface area contributed by atoms with Crippen molar-refractivity contribution in [1.82, 2.24) is 24.6 Å². The Morgan fingerprint density at radius 2 is 1.76 bits per heavy atom. The molecule has 5 rings (SSSR count). The molecule has 1 saturated heterocycles. The van der Waals surface area contributed by atoms with Gasteiger partial charge in [0.15, 0.2) is 0 Å². The summed E-state index contributed by atoms with van der Waals surface area (Å²) >= 11 is 0. The molecule has 0 aliphatic carbocycles. The summed E-state index contributed by atoms with van der Waals surface area (Å²) in [7, 11) is 1.91. The molecule has 1 amide bonds. The van der Waals surface area contributed by atoms with E-state index < -0.39 is 0 Å². The number of nitrogens with zero attached hydrogens (tertiary/aromatic N) is 5. The molecule has 1 aromatic carbocycles. The van der Waals surface area contributed by atoms with Gasteiger partial charge in [0.05, 0.1) is 16.9 Å². The van der Waals surface area contributed by atoms with Crippen LogP contribution in [0.2, 0.25) is 0 Å². The molecule has 3 aromatic rings. The van der Waals surface area contributed by atoms with E-state index in [9.17, 15) is 4.79 Å². The Morgan fingerprint density at radius 1 is 1.03 bits per heavy atom. The average molecular weight is 387 g/mol. The fourth-order valence-corrected chi connectivity index (χ4v) is 4.72. The van der Waals surface area contributed by atoms with Crippen LogP contribution in [0.15, 0.2) is 61.1 Å². The number of likely N-dealkylation sites (tertiary alicyclic amines) is 1. The van der Waals surface area contributed by atoms with Gasteiger partial charge >= 0.3 is 0 Å². The van der Waals surface area contributed by atoms with E-state index in [1.54, 1.807) is 0 Å². The zero-order valence-corrected chi connectivity index (χ0v) is 16.7. The Kier molecular flexibility index (Phi) is 4.43. The van der Waals surface area contributed by atoms with Crippen LogP contribution in [0, 0.1) is 0 Å². The summed E-state index contributed by atoms with van der Waals surface area (Å²) in [5.74, 6) is 0.0759. The standard InChI is InChI=1S/C23H25N5O/c1-26-17-23(9-13-27(14-10-23)15-18-7-11-24-12-8-18)21-20(22(26)29)16-28(25-21)19-5-3-2-4-6-19/h2-8,11-12,16H,9-10,13-15,17H2,1H3. The number of pyridine rings is 1. The topological polar surface area (TPSA) is 54.3 Å². The second-order valence-corrected chi connectivity index (χ2v) is 8.24. The number of hydrogen-bond acceptors (Lipinski definition) is 4. The van der Waals surface area contributed by atoms with Crippen molar-refractivity contribution in [3.63, 3.8) is 0 Å². The Hall–Kier alpha value is -2.99. The zero-order valence-electron chi connectivity index (χ0n) is 16.7. The van der Waals surface area contributed by atoms with Crippen molar-refractivity contribution in [2.75, 3.05) is 26.7 Å². The Balaban J connectivity index is 1.42. The lowest BCUT2D eigenvalue weighted by Crippen LogP contribution is -2.53. The van der Waals surface area contributed by atoms with Gasteiger partial charge in [0.1, 0.15) is 0 Å². The smallest absolute Gasteiger partial charge is 0.257 e. The van der Waals surface area contributed by atoms with E-state index in [0.717, 1.165) is 56.0 Å². The Bertz CT molecular complexity index is 1010. The lowest BCUT2D eigenvalue weighted by Gasteiger charge is -2.45. The summed E-state index contributed by atoms with van der Waals surface area (Å²) in [6.07, 6.45) is 7.63. The highest BCUT2D eigenvalue weighted by molar-refractivity contribution is 5.96. The van der Waals surface area contributed by atoms with Gasteiger partial charge in [-0.2, -0.15) is 5.10 Å². The second-order valence-electron chi connectivity index (χ2n) is 8.24. The van der Waals surface area contributed by atoms with Crippen LogP contribution in [0.5, 0.6) is 0 Å². The number of carbonyl (C=O) groups is 1. The summed E-state index contributed by atoms with van der Waals surface area (Å²) in [6, 6.07) is 14.2. The summed E-state index contributed by atoms with van der Waals surface area (Å²) in [4.78, 5) is 21.3. The fraction of sp³-hybridized carbons (Fsp3) is 0.348. The highest BCUT2D eigenvalue weighted by atomic mass is 16.2. The SMILES string of the molecule is CN1CC2(CCN(Cc3ccncc3)CC2)c2nn(-c3ccccc3)cc2C1=O. The maximum absolute atomic E-state index is 12.8. The van der Waals surface area contributed by atoms with E-state index in [2.05, 4.69) is 22.0 Å². The van der Waals surface area contributed by atoms with E-state index in [1.165, 1.54) is 5.56 Å². The highest BCUT2D eigenvalue weighted by Crippen LogP contribution is 2.41. The quantitative estimate of drug-likeness (QED) is 0.693. The molecule has 4 heterocycles. The summed E-state index contributed by atoms with van der Waals surface area (Å²) < 4.78 is 1.87. The van der Waals surface area contributed by atoms with Gasteiger partial charge in [-0.3, -0.25) is 14.7 Å². The van der Waals surface area contributed by atoms with Gasteiger partial charge in [-0.05, 0) is 55.8 Å². The summed E-state index contributed by atoms with van der Waals surface area (Å²) in [5.41, 5.74) is 3.95. The van der Waals surface area contributed by atoms with E-state index in [0.29, 0.717) is 0 Å². The molecule has 0 saturated carbocycles. The molecule has 0 N–H and O–H groups in total. The monoisotopic (exact) mass is 387 g/mol. The van der Waals surface area contributed by atoms with Crippen molar-refractivity contribution in [3.8, 4) is 5.69 Å². The van der Waals surface area contributed by atoms with Crippen LogP contribution < -0.4 is 0 Å². The van der Waals surface area contributed by atoms with E-state index in [-0.39, 0.29) is 11.3 Å². The molecule has 0 radical (unpaired) electrons. The molecule has 2 aliphatic rings. The number of piperidine rings is 1. The van der Waals surface area contributed by atoms with E-state index >= 15 is 0 Å². The van der Waals surface area contributed by atoms with Crippen LogP contribution in [0.25, 0.3) is 5.69 Å². The first-order valence-corrected chi connectivity index (χ1v) is 10.2. The molecule has 0 atom stereocenters. The summed E-state index contributed by atoms with van der Waals surface area (Å²) in [5, 5.41) is 4.93. The lowest BCUT2D eigenvalue weighted by molar-refractivity contribution is 0.0628. The van der Waals surface area contributed by atoms with Gasteiger partial charge in [-0.1, -0.05) is 18.2 Å².